The summed E-state index contributed by atoms with van der Waals surface area (Å²) in [4.78, 5) is 25.8. The molecule has 2 aliphatic carbocycles. The van der Waals surface area contributed by atoms with Crippen molar-refractivity contribution >= 4 is 57.9 Å². The topological polar surface area (TPSA) is 155 Å². The first-order valence-electron chi connectivity index (χ1n) is 13.0. The van der Waals surface area contributed by atoms with Gasteiger partial charge < -0.3 is 21.5 Å². The fourth-order valence-electron chi connectivity index (χ4n) is 5.55. The van der Waals surface area contributed by atoms with Gasteiger partial charge in [-0.15, -0.1) is 0 Å². The number of fused-ring (bicyclic) bond motifs is 1. The highest BCUT2D eigenvalue weighted by Crippen LogP contribution is 2.39. The summed E-state index contributed by atoms with van der Waals surface area (Å²) in [5, 5.41) is 26.7. The maximum Gasteiger partial charge on any atom is 0.224 e. The van der Waals surface area contributed by atoms with Crippen molar-refractivity contribution in [1.82, 2.24) is 19.5 Å². The van der Waals surface area contributed by atoms with Crippen LogP contribution in [0.15, 0.2) is 18.3 Å². The Kier molecular flexibility index (Phi) is 7.88. The van der Waals surface area contributed by atoms with Crippen molar-refractivity contribution in [1.29, 1.82) is 5.26 Å². The van der Waals surface area contributed by atoms with Gasteiger partial charge in [-0.2, -0.15) is 10.2 Å². The van der Waals surface area contributed by atoms with Crippen molar-refractivity contribution < 1.29 is 9.90 Å². The number of aromatic nitrogens is 4. The molecule has 2 aliphatic rings. The molecule has 38 heavy (non-hydrogen) atoms. The minimum atomic E-state index is -0.316. The first-order valence-corrected chi connectivity index (χ1v) is 13.7. The number of carbonyl (C=O) groups excluding carboxylic acids is 1. The Balaban J connectivity index is 1.48. The molecule has 2 heterocycles. The van der Waals surface area contributed by atoms with Gasteiger partial charge in [0.15, 0.2) is 5.65 Å². The molecule has 0 aliphatic heterocycles. The standard InChI is InChI=1S/C26H30Cl2N8O2/c27-18-9-14(11-29)10-19(28)22(18)34-26-33-20-13-32-25(31-12-16-3-1-2-4-21(16)37)35-24(20)36(26)17-7-5-15(6-8-17)23(30)38/h9-10,13,15-17,21,37H,1-8,12H2,(H2,30,38)(H,33,34)(H,31,32,35)/t15-,16-,17+,21-/m0/s1. The van der Waals surface area contributed by atoms with Gasteiger partial charge in [0.25, 0.3) is 0 Å². The number of nitrogens with two attached hydrogens (primary N) is 1. The number of primary amides is 1. The highest BCUT2D eigenvalue weighted by Gasteiger charge is 2.30. The van der Waals surface area contributed by atoms with Crippen molar-refractivity contribution in [3.63, 3.8) is 0 Å². The summed E-state index contributed by atoms with van der Waals surface area (Å²) in [5.41, 5.74) is 7.59. The molecule has 2 saturated carbocycles. The monoisotopic (exact) mass is 556 g/mol. The zero-order chi connectivity index (χ0) is 26.8. The zero-order valence-corrected chi connectivity index (χ0v) is 22.3. The van der Waals surface area contributed by atoms with Crippen molar-refractivity contribution in [3.8, 4) is 6.07 Å². The van der Waals surface area contributed by atoms with Crippen molar-refractivity contribution in [2.45, 2.75) is 63.5 Å². The van der Waals surface area contributed by atoms with Crippen LogP contribution in [0.5, 0.6) is 0 Å². The number of benzene rings is 1. The van der Waals surface area contributed by atoms with Crippen LogP contribution < -0.4 is 16.4 Å². The molecule has 200 valence electrons. The van der Waals surface area contributed by atoms with Crippen LogP contribution in [0.3, 0.4) is 0 Å². The number of imidazole rings is 1. The lowest BCUT2D eigenvalue weighted by Crippen LogP contribution is -2.30. The smallest absolute Gasteiger partial charge is 0.224 e. The van der Waals surface area contributed by atoms with Gasteiger partial charge in [0.2, 0.25) is 17.8 Å². The Bertz CT molecular complexity index is 1360. The fraction of sp³-hybridized carbons (Fsp3) is 0.500. The maximum absolute atomic E-state index is 11.8. The number of carbonyl (C=O) groups is 1. The minimum absolute atomic E-state index is 0.0111. The SMILES string of the molecule is N#Cc1cc(Cl)c(Nc2nc3cnc(NC[C@@H]4CCCC[C@@H]4O)nc3n2[C@H]2CC[C@@H](C(N)=O)CC2)c(Cl)c1. The summed E-state index contributed by atoms with van der Waals surface area (Å²) in [6.07, 6.45) is 8.11. The van der Waals surface area contributed by atoms with E-state index in [1.165, 1.54) is 0 Å². The number of aliphatic hydroxyl groups excluding tert-OH is 1. The molecule has 0 unspecified atom stereocenters. The molecule has 0 bridgehead atoms. The first kappa shape index (κ1) is 26.5. The Morgan fingerprint density at radius 3 is 2.50 bits per heavy atom. The molecule has 5 N–H and O–H groups in total. The summed E-state index contributed by atoms with van der Waals surface area (Å²) >= 11 is 12.9. The second-order valence-electron chi connectivity index (χ2n) is 10.2. The van der Waals surface area contributed by atoms with Gasteiger partial charge in [-0.05, 0) is 50.7 Å². The average molecular weight is 557 g/mol. The molecule has 3 aromatic rings. The average Bonchev–Trinajstić information content (AvgIpc) is 3.27. The van der Waals surface area contributed by atoms with E-state index in [0.717, 1.165) is 38.5 Å². The second kappa shape index (κ2) is 11.3. The normalized spacial score (nSPS) is 23.6. The molecule has 0 radical (unpaired) electrons. The molecule has 0 spiro atoms. The quantitative estimate of drug-likeness (QED) is 0.319. The van der Waals surface area contributed by atoms with E-state index in [1.807, 2.05) is 10.6 Å². The highest BCUT2D eigenvalue weighted by molar-refractivity contribution is 6.39. The molecule has 2 atom stereocenters. The Hall–Kier alpha value is -3.13. The number of nitrogens with zero attached hydrogens (tertiary/aromatic N) is 5. The van der Waals surface area contributed by atoms with Crippen LogP contribution in [0.4, 0.5) is 17.6 Å². The molecule has 2 aromatic heterocycles. The van der Waals surface area contributed by atoms with Gasteiger partial charge in [-0.1, -0.05) is 36.0 Å². The van der Waals surface area contributed by atoms with Crippen LogP contribution in [0.2, 0.25) is 10.0 Å². The maximum atomic E-state index is 11.8. The van der Waals surface area contributed by atoms with E-state index < -0.39 is 0 Å². The van der Waals surface area contributed by atoms with Crippen LogP contribution in [0.25, 0.3) is 11.2 Å². The van der Waals surface area contributed by atoms with Crippen LogP contribution in [0.1, 0.15) is 63.0 Å². The highest BCUT2D eigenvalue weighted by atomic mass is 35.5. The number of halogens is 2. The lowest BCUT2D eigenvalue weighted by molar-refractivity contribution is -0.122. The summed E-state index contributed by atoms with van der Waals surface area (Å²) in [5.74, 6) is 0.698. The number of hydrogen-bond acceptors (Lipinski definition) is 8. The largest absolute Gasteiger partial charge is 0.393 e. The van der Waals surface area contributed by atoms with Crippen LogP contribution >= 0.6 is 23.2 Å². The van der Waals surface area contributed by atoms with Gasteiger partial charge in [0.1, 0.15) is 5.52 Å². The van der Waals surface area contributed by atoms with Crippen molar-refractivity contribution in [2.75, 3.05) is 17.2 Å². The summed E-state index contributed by atoms with van der Waals surface area (Å²) in [7, 11) is 0. The molecule has 5 rings (SSSR count). The molecular formula is C26H30Cl2N8O2. The number of anilines is 3. The first-order chi connectivity index (χ1) is 18.3. The van der Waals surface area contributed by atoms with E-state index >= 15 is 0 Å². The molecule has 1 amide bonds. The summed E-state index contributed by atoms with van der Waals surface area (Å²) < 4.78 is 2.01. The van der Waals surface area contributed by atoms with Crippen LogP contribution in [0, 0.1) is 23.2 Å². The van der Waals surface area contributed by atoms with Gasteiger partial charge >= 0.3 is 0 Å². The van der Waals surface area contributed by atoms with Gasteiger partial charge in [0, 0.05) is 24.4 Å². The number of nitriles is 1. The van der Waals surface area contributed by atoms with E-state index in [4.69, 9.17) is 38.9 Å². The Morgan fingerprint density at radius 2 is 1.84 bits per heavy atom. The number of aliphatic hydroxyl groups is 1. The zero-order valence-electron chi connectivity index (χ0n) is 20.8. The second-order valence-corrected chi connectivity index (χ2v) is 11.0. The summed E-state index contributed by atoms with van der Waals surface area (Å²) in [6.45, 7) is 0.589. The van der Waals surface area contributed by atoms with Crippen LogP contribution in [-0.4, -0.2) is 43.2 Å². The number of amides is 1. The fourth-order valence-corrected chi connectivity index (χ4v) is 6.13. The van der Waals surface area contributed by atoms with Gasteiger partial charge in [-0.3, -0.25) is 9.36 Å². The number of nitrogens with one attached hydrogen (secondary N) is 2. The molecule has 12 heteroatoms. The molecule has 2 fully saturated rings. The molecule has 1 aromatic carbocycles. The lowest BCUT2D eigenvalue weighted by atomic mass is 9.85. The van der Waals surface area contributed by atoms with Gasteiger partial charge in [-0.25, -0.2) is 9.97 Å². The van der Waals surface area contributed by atoms with Crippen molar-refractivity contribution in [3.05, 3.63) is 33.9 Å². The van der Waals surface area contributed by atoms with E-state index in [0.29, 0.717) is 63.7 Å². The van der Waals surface area contributed by atoms with Crippen molar-refractivity contribution in [2.24, 2.45) is 17.6 Å². The van der Waals surface area contributed by atoms with E-state index in [-0.39, 0.29) is 29.9 Å². The van der Waals surface area contributed by atoms with Crippen LogP contribution in [-0.2, 0) is 4.79 Å². The predicted octanol–water partition coefficient (Wildman–Crippen LogP) is 4.93. The molecule has 10 nitrogen and oxygen atoms in total. The Morgan fingerprint density at radius 1 is 1.13 bits per heavy atom. The number of rotatable bonds is 7. The predicted molar refractivity (Wildman–Crippen MR) is 146 cm³/mol. The third kappa shape index (κ3) is 5.51. The van der Waals surface area contributed by atoms with E-state index in [1.54, 1.807) is 18.3 Å². The summed E-state index contributed by atoms with van der Waals surface area (Å²) in [6, 6.07) is 5.14. The molecular weight excluding hydrogens is 527 g/mol. The third-order valence-corrected chi connectivity index (χ3v) is 8.29. The van der Waals surface area contributed by atoms with E-state index in [2.05, 4.69) is 15.6 Å². The third-order valence-electron chi connectivity index (χ3n) is 7.70. The van der Waals surface area contributed by atoms with E-state index in [9.17, 15) is 15.2 Å². The molecule has 0 saturated heterocycles. The number of hydrogen-bond donors (Lipinski definition) is 4. The minimum Gasteiger partial charge on any atom is -0.393 e. The van der Waals surface area contributed by atoms with Gasteiger partial charge in [0.05, 0.1) is 39.7 Å². The lowest BCUT2D eigenvalue weighted by Gasteiger charge is -2.29. The Labute approximate surface area is 230 Å².